The first kappa shape index (κ1) is 12.1. The highest BCUT2D eigenvalue weighted by Gasteiger charge is 2.35. The van der Waals surface area contributed by atoms with E-state index in [-0.39, 0.29) is 12.1 Å². The van der Waals surface area contributed by atoms with Crippen molar-refractivity contribution < 1.29 is 9.53 Å². The molecule has 0 aliphatic carbocycles. The molecule has 0 saturated carbocycles. The van der Waals surface area contributed by atoms with Crippen molar-refractivity contribution in [1.29, 1.82) is 0 Å². The normalized spacial score (nSPS) is 28.7. The fourth-order valence-electron chi connectivity index (χ4n) is 1.93. The lowest BCUT2D eigenvalue weighted by Crippen LogP contribution is -2.59. The molecule has 0 amide bonds. The van der Waals surface area contributed by atoms with Gasteiger partial charge in [-0.2, -0.15) is 0 Å². The maximum Gasteiger partial charge on any atom is 0.338 e. The Hall–Kier alpha value is -1.39. The van der Waals surface area contributed by atoms with Gasteiger partial charge in [-0.25, -0.2) is 4.79 Å². The summed E-state index contributed by atoms with van der Waals surface area (Å²) in [6.07, 6.45) is 0.531. The molecule has 1 saturated heterocycles. The Bertz CT molecular complexity index is 390. The smallest absolute Gasteiger partial charge is 0.338 e. The average Bonchev–Trinajstić information content (AvgIpc) is 2.33. The number of carbonyl (C=O) groups is 1. The van der Waals surface area contributed by atoms with E-state index < -0.39 is 5.54 Å². The molecule has 3 N–H and O–H groups in total. The van der Waals surface area contributed by atoms with E-state index in [4.69, 9.17) is 10.5 Å². The molecule has 1 heterocycles. The minimum atomic E-state index is -0.449. The second-order valence-corrected chi connectivity index (χ2v) is 4.72. The summed E-state index contributed by atoms with van der Waals surface area (Å²) in [5, 5.41) is 3.19. The van der Waals surface area contributed by atoms with Gasteiger partial charge in [-0.1, -0.05) is 18.2 Å². The van der Waals surface area contributed by atoms with Crippen molar-refractivity contribution in [2.45, 2.75) is 25.0 Å². The maximum atomic E-state index is 11.9. The third-order valence-corrected chi connectivity index (χ3v) is 3.16. The molecule has 92 valence electrons. The van der Waals surface area contributed by atoms with Crippen molar-refractivity contribution in [2.75, 3.05) is 13.1 Å². The fraction of sp³-hybridized carbons (Fsp3) is 0.462. The number of carbonyl (C=O) groups excluding carboxylic acids is 1. The molecule has 0 unspecified atom stereocenters. The molecule has 0 aromatic heterocycles. The first-order valence-corrected chi connectivity index (χ1v) is 5.85. The van der Waals surface area contributed by atoms with E-state index >= 15 is 0 Å². The lowest BCUT2D eigenvalue weighted by atomic mass is 9.89. The molecule has 2 rings (SSSR count). The number of piperidine rings is 1. The van der Waals surface area contributed by atoms with Gasteiger partial charge in [0, 0.05) is 6.54 Å². The monoisotopic (exact) mass is 234 g/mol. The van der Waals surface area contributed by atoms with E-state index in [9.17, 15) is 4.79 Å². The standard InChI is InChI=1S/C13H18N2O2/c1-13(14)7-8-15-9-11(13)17-12(16)10-5-3-2-4-6-10/h2-6,11,15H,7-9,14H2,1H3/t11-,13+/m1/s1. The van der Waals surface area contributed by atoms with Gasteiger partial charge in [-0.15, -0.1) is 0 Å². The second-order valence-electron chi connectivity index (χ2n) is 4.72. The topological polar surface area (TPSA) is 64.3 Å². The van der Waals surface area contributed by atoms with E-state index in [1.165, 1.54) is 0 Å². The van der Waals surface area contributed by atoms with Gasteiger partial charge in [0.1, 0.15) is 6.10 Å². The number of benzene rings is 1. The molecular weight excluding hydrogens is 216 g/mol. The first-order valence-electron chi connectivity index (χ1n) is 5.85. The Balaban J connectivity index is 2.03. The van der Waals surface area contributed by atoms with Crippen LogP contribution < -0.4 is 11.1 Å². The molecule has 1 aliphatic rings. The summed E-state index contributed by atoms with van der Waals surface area (Å²) in [5.41, 5.74) is 6.25. The Labute approximate surface area is 101 Å². The molecule has 17 heavy (non-hydrogen) atoms. The molecule has 0 bridgehead atoms. The zero-order valence-electron chi connectivity index (χ0n) is 9.98. The molecule has 4 heteroatoms. The second kappa shape index (κ2) is 4.85. The molecule has 1 fully saturated rings. The van der Waals surface area contributed by atoms with Gasteiger partial charge in [-0.05, 0) is 32.0 Å². The van der Waals surface area contributed by atoms with Crippen molar-refractivity contribution in [1.82, 2.24) is 5.32 Å². The van der Waals surface area contributed by atoms with Crippen molar-refractivity contribution in [3.05, 3.63) is 35.9 Å². The average molecular weight is 234 g/mol. The molecule has 1 aromatic carbocycles. The lowest BCUT2D eigenvalue weighted by Gasteiger charge is -2.37. The summed E-state index contributed by atoms with van der Waals surface area (Å²) in [6.45, 7) is 3.41. The predicted molar refractivity (Wildman–Crippen MR) is 65.7 cm³/mol. The van der Waals surface area contributed by atoms with Crippen LogP contribution in [0.1, 0.15) is 23.7 Å². The van der Waals surface area contributed by atoms with Crippen LogP contribution in [0.3, 0.4) is 0 Å². The summed E-state index contributed by atoms with van der Waals surface area (Å²) >= 11 is 0. The van der Waals surface area contributed by atoms with Crippen LogP contribution in [-0.4, -0.2) is 30.7 Å². The van der Waals surface area contributed by atoms with E-state index in [0.717, 1.165) is 13.0 Å². The molecule has 2 atom stereocenters. The van der Waals surface area contributed by atoms with E-state index in [1.54, 1.807) is 12.1 Å². The SMILES string of the molecule is C[C@]1(N)CCNC[C@H]1OC(=O)c1ccccc1. The number of ether oxygens (including phenoxy) is 1. The number of nitrogens with two attached hydrogens (primary N) is 1. The minimum absolute atomic E-state index is 0.274. The molecule has 0 radical (unpaired) electrons. The van der Waals surface area contributed by atoms with Crippen LogP contribution in [0.4, 0.5) is 0 Å². The van der Waals surface area contributed by atoms with Gasteiger partial charge in [0.25, 0.3) is 0 Å². The number of nitrogens with one attached hydrogen (secondary N) is 1. The van der Waals surface area contributed by atoms with Gasteiger partial charge in [0.15, 0.2) is 0 Å². The quantitative estimate of drug-likeness (QED) is 0.747. The van der Waals surface area contributed by atoms with Crippen LogP contribution in [0.2, 0.25) is 0 Å². The Morgan fingerprint density at radius 1 is 1.47 bits per heavy atom. The van der Waals surface area contributed by atoms with Gasteiger partial charge in [-0.3, -0.25) is 0 Å². The zero-order chi connectivity index (χ0) is 12.3. The van der Waals surface area contributed by atoms with E-state index in [1.807, 2.05) is 25.1 Å². The first-order chi connectivity index (χ1) is 8.09. The third-order valence-electron chi connectivity index (χ3n) is 3.16. The van der Waals surface area contributed by atoms with Crippen LogP contribution in [0.25, 0.3) is 0 Å². The lowest BCUT2D eigenvalue weighted by molar-refractivity contribution is 0.00169. The van der Waals surface area contributed by atoms with Gasteiger partial charge in [0.05, 0.1) is 11.1 Å². The Morgan fingerprint density at radius 2 is 2.18 bits per heavy atom. The molecule has 1 aliphatic heterocycles. The predicted octanol–water partition coefficient (Wildman–Crippen LogP) is 0.923. The number of hydrogen-bond acceptors (Lipinski definition) is 4. The molecule has 1 aromatic rings. The summed E-state index contributed by atoms with van der Waals surface area (Å²) < 4.78 is 5.47. The van der Waals surface area contributed by atoms with Crippen molar-refractivity contribution in [3.63, 3.8) is 0 Å². The van der Waals surface area contributed by atoms with Crippen LogP contribution in [0.5, 0.6) is 0 Å². The third kappa shape index (κ3) is 2.84. The Morgan fingerprint density at radius 3 is 2.82 bits per heavy atom. The number of rotatable bonds is 2. The van der Waals surface area contributed by atoms with Crippen molar-refractivity contribution in [3.8, 4) is 0 Å². The Kier molecular flexibility index (Phi) is 3.45. The van der Waals surface area contributed by atoms with Crippen LogP contribution in [0, 0.1) is 0 Å². The van der Waals surface area contributed by atoms with Crippen molar-refractivity contribution in [2.24, 2.45) is 5.73 Å². The summed E-state index contributed by atoms with van der Waals surface area (Å²) in [7, 11) is 0. The van der Waals surface area contributed by atoms with Crippen LogP contribution in [0.15, 0.2) is 30.3 Å². The highest BCUT2D eigenvalue weighted by Crippen LogP contribution is 2.19. The molecular formula is C13H18N2O2. The fourth-order valence-corrected chi connectivity index (χ4v) is 1.93. The maximum absolute atomic E-state index is 11.9. The summed E-state index contributed by atoms with van der Waals surface area (Å²) in [4.78, 5) is 11.9. The van der Waals surface area contributed by atoms with Gasteiger partial charge in [0.2, 0.25) is 0 Å². The van der Waals surface area contributed by atoms with Crippen LogP contribution in [-0.2, 0) is 4.74 Å². The van der Waals surface area contributed by atoms with Crippen molar-refractivity contribution >= 4 is 5.97 Å². The summed E-state index contributed by atoms with van der Waals surface area (Å²) in [6, 6.07) is 8.99. The highest BCUT2D eigenvalue weighted by molar-refractivity contribution is 5.89. The summed E-state index contributed by atoms with van der Waals surface area (Å²) in [5.74, 6) is -0.309. The van der Waals surface area contributed by atoms with Gasteiger partial charge >= 0.3 is 5.97 Å². The zero-order valence-corrected chi connectivity index (χ0v) is 9.98. The molecule has 4 nitrogen and oxygen atoms in total. The van der Waals surface area contributed by atoms with Crippen LogP contribution >= 0.6 is 0 Å². The number of esters is 1. The van der Waals surface area contributed by atoms with Gasteiger partial charge < -0.3 is 15.8 Å². The largest absolute Gasteiger partial charge is 0.455 e. The van der Waals surface area contributed by atoms with E-state index in [0.29, 0.717) is 12.1 Å². The minimum Gasteiger partial charge on any atom is -0.455 e. The molecule has 0 spiro atoms. The highest BCUT2D eigenvalue weighted by atomic mass is 16.5. The van der Waals surface area contributed by atoms with E-state index in [2.05, 4.69) is 5.32 Å². The number of hydrogen-bond donors (Lipinski definition) is 2.